The molecule has 3 aromatic carbocycles. The van der Waals surface area contributed by atoms with Crippen molar-refractivity contribution in [1.82, 2.24) is 0 Å². The maximum Gasteiger partial charge on any atom is 0.338 e. The molecule has 0 saturated carbocycles. The Balaban J connectivity index is 1.95. The van der Waals surface area contributed by atoms with E-state index in [1.807, 2.05) is 19.1 Å². The van der Waals surface area contributed by atoms with Crippen LogP contribution in [0.5, 0.6) is 11.5 Å². The minimum absolute atomic E-state index is 0.100. The molecule has 8 nitrogen and oxygen atoms in total. The summed E-state index contributed by atoms with van der Waals surface area (Å²) in [6.45, 7) is 3.81. The van der Waals surface area contributed by atoms with E-state index in [2.05, 4.69) is 0 Å². The molecule has 1 unspecified atom stereocenters. The number of hydrogen-bond donors (Lipinski definition) is 1. The lowest BCUT2D eigenvalue weighted by Crippen LogP contribution is -2.29. The molecule has 0 spiro atoms. The second-order valence-electron chi connectivity index (χ2n) is 8.33. The lowest BCUT2D eigenvalue weighted by atomic mass is 9.92. The van der Waals surface area contributed by atoms with Crippen molar-refractivity contribution in [1.29, 1.82) is 0 Å². The SMILES string of the molecule is CCOC(=O)c1ccc(N2C(=O)C(=O)/C(=C(/O)c3c(OC)cccc3OC)C2c2ccccc2C)cc1. The van der Waals surface area contributed by atoms with Gasteiger partial charge in [0.1, 0.15) is 22.8 Å². The average molecular weight is 502 g/mol. The van der Waals surface area contributed by atoms with Crippen molar-refractivity contribution in [3.8, 4) is 11.5 Å². The van der Waals surface area contributed by atoms with Gasteiger partial charge in [-0.15, -0.1) is 0 Å². The summed E-state index contributed by atoms with van der Waals surface area (Å²) in [7, 11) is 2.88. The van der Waals surface area contributed by atoms with Gasteiger partial charge in [-0.2, -0.15) is 0 Å². The van der Waals surface area contributed by atoms with E-state index >= 15 is 0 Å². The Morgan fingerprint density at radius 2 is 1.54 bits per heavy atom. The van der Waals surface area contributed by atoms with Gasteiger partial charge >= 0.3 is 5.97 Å². The van der Waals surface area contributed by atoms with E-state index in [1.54, 1.807) is 49.4 Å². The van der Waals surface area contributed by atoms with E-state index in [-0.39, 0.29) is 29.2 Å². The van der Waals surface area contributed by atoms with Crippen LogP contribution in [0.2, 0.25) is 0 Å². The zero-order chi connectivity index (χ0) is 26.7. The minimum Gasteiger partial charge on any atom is -0.506 e. The minimum atomic E-state index is -0.940. The molecule has 1 saturated heterocycles. The van der Waals surface area contributed by atoms with Gasteiger partial charge in [0.25, 0.3) is 11.7 Å². The van der Waals surface area contributed by atoms with Gasteiger partial charge in [0.05, 0.1) is 38.0 Å². The second kappa shape index (κ2) is 10.6. The van der Waals surface area contributed by atoms with Crippen molar-refractivity contribution < 1.29 is 33.7 Å². The molecular formula is C29H27NO7. The van der Waals surface area contributed by atoms with Gasteiger partial charge in [-0.3, -0.25) is 14.5 Å². The fraction of sp³-hybridized carbons (Fsp3) is 0.207. The number of carbonyl (C=O) groups is 3. The molecule has 1 fully saturated rings. The van der Waals surface area contributed by atoms with Crippen molar-refractivity contribution in [3.63, 3.8) is 0 Å². The molecule has 1 heterocycles. The van der Waals surface area contributed by atoms with Gasteiger partial charge in [-0.1, -0.05) is 30.3 Å². The number of aryl methyl sites for hydroxylation is 1. The van der Waals surface area contributed by atoms with Crippen LogP contribution in [0.4, 0.5) is 5.69 Å². The van der Waals surface area contributed by atoms with E-state index in [0.717, 1.165) is 5.56 Å². The van der Waals surface area contributed by atoms with Crippen LogP contribution >= 0.6 is 0 Å². The monoisotopic (exact) mass is 501 g/mol. The summed E-state index contributed by atoms with van der Waals surface area (Å²) in [5.74, 6) is -2.00. The number of nitrogens with zero attached hydrogens (tertiary/aromatic N) is 1. The Labute approximate surface area is 214 Å². The maximum absolute atomic E-state index is 13.5. The fourth-order valence-corrected chi connectivity index (χ4v) is 4.48. The number of methoxy groups -OCH3 is 2. The smallest absolute Gasteiger partial charge is 0.338 e. The molecule has 1 aliphatic heterocycles. The molecule has 1 N–H and O–H groups in total. The Bertz CT molecular complexity index is 1370. The summed E-state index contributed by atoms with van der Waals surface area (Å²) in [6.07, 6.45) is 0. The van der Waals surface area contributed by atoms with Gasteiger partial charge in [0.15, 0.2) is 0 Å². The van der Waals surface area contributed by atoms with Gasteiger partial charge in [0.2, 0.25) is 0 Å². The Hall–Kier alpha value is -4.59. The van der Waals surface area contributed by atoms with Crippen LogP contribution in [0.15, 0.2) is 72.3 Å². The number of Topliss-reactive ketones (excluding diaryl/α,β-unsaturated/α-hetero) is 1. The number of ether oxygens (including phenoxy) is 3. The molecule has 3 aromatic rings. The third kappa shape index (κ3) is 4.53. The highest BCUT2D eigenvalue weighted by atomic mass is 16.5. The summed E-state index contributed by atoms with van der Waals surface area (Å²) in [4.78, 5) is 40.4. The van der Waals surface area contributed by atoms with Crippen LogP contribution in [0, 0.1) is 6.92 Å². The van der Waals surface area contributed by atoms with Crippen LogP contribution in [-0.2, 0) is 14.3 Å². The molecule has 37 heavy (non-hydrogen) atoms. The van der Waals surface area contributed by atoms with Crippen LogP contribution < -0.4 is 14.4 Å². The first-order valence-corrected chi connectivity index (χ1v) is 11.7. The Morgan fingerprint density at radius 1 is 0.919 bits per heavy atom. The third-order valence-electron chi connectivity index (χ3n) is 6.25. The number of ketones is 1. The second-order valence-corrected chi connectivity index (χ2v) is 8.33. The molecule has 0 aliphatic carbocycles. The van der Waals surface area contributed by atoms with E-state index < -0.39 is 29.5 Å². The molecule has 1 amide bonds. The quantitative estimate of drug-likeness (QED) is 0.214. The molecule has 1 atom stereocenters. The molecule has 0 bridgehead atoms. The van der Waals surface area contributed by atoms with Gasteiger partial charge in [-0.25, -0.2) is 4.79 Å². The number of benzene rings is 3. The van der Waals surface area contributed by atoms with E-state index in [9.17, 15) is 19.5 Å². The number of esters is 1. The number of hydrogen-bond acceptors (Lipinski definition) is 7. The van der Waals surface area contributed by atoms with E-state index in [4.69, 9.17) is 14.2 Å². The summed E-state index contributed by atoms with van der Waals surface area (Å²) in [5.41, 5.74) is 2.24. The zero-order valence-corrected chi connectivity index (χ0v) is 21.0. The highest BCUT2D eigenvalue weighted by Crippen LogP contribution is 2.45. The van der Waals surface area contributed by atoms with Crippen LogP contribution in [0.1, 0.15) is 40.0 Å². The molecule has 4 rings (SSSR count). The van der Waals surface area contributed by atoms with Gasteiger partial charge < -0.3 is 19.3 Å². The predicted octanol–water partition coefficient (Wildman–Crippen LogP) is 4.82. The van der Waals surface area contributed by atoms with Crippen molar-refractivity contribution in [2.24, 2.45) is 0 Å². The largest absolute Gasteiger partial charge is 0.506 e. The van der Waals surface area contributed by atoms with E-state index in [1.165, 1.54) is 31.3 Å². The maximum atomic E-state index is 13.5. The zero-order valence-electron chi connectivity index (χ0n) is 21.0. The molecule has 8 heteroatoms. The molecule has 0 aromatic heterocycles. The number of rotatable bonds is 7. The number of amides is 1. The van der Waals surface area contributed by atoms with Crippen molar-refractivity contribution >= 4 is 29.1 Å². The molecular weight excluding hydrogens is 474 g/mol. The summed E-state index contributed by atoms with van der Waals surface area (Å²) in [5, 5.41) is 11.6. The lowest BCUT2D eigenvalue weighted by molar-refractivity contribution is -0.132. The highest BCUT2D eigenvalue weighted by Gasteiger charge is 2.48. The number of aliphatic hydroxyl groups excluding tert-OH is 1. The first-order chi connectivity index (χ1) is 17.8. The fourth-order valence-electron chi connectivity index (χ4n) is 4.48. The third-order valence-corrected chi connectivity index (χ3v) is 6.25. The number of carbonyl (C=O) groups excluding carboxylic acids is 3. The van der Waals surface area contributed by atoms with Crippen molar-refractivity contribution in [2.75, 3.05) is 25.7 Å². The van der Waals surface area contributed by atoms with E-state index in [0.29, 0.717) is 16.8 Å². The van der Waals surface area contributed by atoms with Crippen molar-refractivity contribution in [3.05, 3.63) is 94.6 Å². The van der Waals surface area contributed by atoms with Crippen LogP contribution in [0.25, 0.3) is 5.76 Å². The summed E-state index contributed by atoms with van der Waals surface area (Å²) >= 11 is 0. The number of aliphatic hydroxyl groups is 1. The van der Waals surface area contributed by atoms with Gasteiger partial charge in [-0.05, 0) is 61.4 Å². The first-order valence-electron chi connectivity index (χ1n) is 11.7. The standard InChI is InChI=1S/C29H27NO7/c1-5-37-29(34)18-13-15-19(16-14-18)30-25(20-10-7-6-9-17(20)2)24(27(32)28(30)33)26(31)23-21(35-3)11-8-12-22(23)36-4/h6-16,25,31H,5H2,1-4H3/b26-24+. The summed E-state index contributed by atoms with van der Waals surface area (Å²) < 4.78 is 15.9. The normalized spacial score (nSPS) is 16.5. The molecule has 1 aliphatic rings. The van der Waals surface area contributed by atoms with Crippen LogP contribution in [-0.4, -0.2) is 43.6 Å². The molecule has 190 valence electrons. The average Bonchev–Trinajstić information content (AvgIpc) is 3.18. The van der Waals surface area contributed by atoms with Gasteiger partial charge in [0, 0.05) is 5.69 Å². The van der Waals surface area contributed by atoms with Crippen molar-refractivity contribution in [2.45, 2.75) is 19.9 Å². The highest BCUT2D eigenvalue weighted by molar-refractivity contribution is 6.51. The first kappa shape index (κ1) is 25.5. The Kier molecular flexibility index (Phi) is 7.29. The lowest BCUT2D eigenvalue weighted by Gasteiger charge is -2.27. The Morgan fingerprint density at radius 3 is 2.11 bits per heavy atom. The number of anilines is 1. The van der Waals surface area contributed by atoms with Crippen LogP contribution in [0.3, 0.4) is 0 Å². The summed E-state index contributed by atoms with van der Waals surface area (Å²) in [6, 6.07) is 17.5. The predicted molar refractivity (Wildman–Crippen MR) is 138 cm³/mol. The molecule has 0 radical (unpaired) electrons. The topological polar surface area (TPSA) is 102 Å².